The lowest BCUT2D eigenvalue weighted by molar-refractivity contribution is -0.139. The molecule has 5 nitrogen and oxygen atoms in total. The minimum Gasteiger partial charge on any atom is -0.481 e. The number of carboxylic acids is 1. The van der Waals surface area contributed by atoms with Gasteiger partial charge in [-0.3, -0.25) is 9.59 Å². The molecule has 0 aromatic carbocycles. The second kappa shape index (κ2) is 6.16. The molecule has 1 aromatic heterocycles. The fraction of sp³-hybridized carbons (Fsp3) is 0.538. The summed E-state index contributed by atoms with van der Waals surface area (Å²) in [7, 11) is 1.48. The normalized spacial score (nSPS) is 13.9. The summed E-state index contributed by atoms with van der Waals surface area (Å²) in [5.41, 5.74) is 0.144. The van der Waals surface area contributed by atoms with Crippen molar-refractivity contribution in [1.82, 2.24) is 5.32 Å². The van der Waals surface area contributed by atoms with Gasteiger partial charge in [0.1, 0.15) is 0 Å². The predicted molar refractivity (Wildman–Crippen MR) is 73.8 cm³/mol. The van der Waals surface area contributed by atoms with Crippen LogP contribution in [0.2, 0.25) is 0 Å². The van der Waals surface area contributed by atoms with E-state index in [2.05, 4.69) is 5.32 Å². The molecule has 0 fully saturated rings. The number of aliphatic carboxylic acids is 1. The Labute approximate surface area is 116 Å². The van der Waals surface area contributed by atoms with Crippen LogP contribution in [0.5, 0.6) is 0 Å². The monoisotopic (exact) mass is 285 g/mol. The van der Waals surface area contributed by atoms with Crippen LogP contribution in [-0.2, 0) is 9.53 Å². The third-order valence-corrected chi connectivity index (χ3v) is 3.96. The highest BCUT2D eigenvalue weighted by Gasteiger charge is 2.30. The van der Waals surface area contributed by atoms with Gasteiger partial charge in [-0.1, -0.05) is 0 Å². The van der Waals surface area contributed by atoms with E-state index in [-0.39, 0.29) is 18.9 Å². The zero-order valence-electron chi connectivity index (χ0n) is 11.6. The fourth-order valence-corrected chi connectivity index (χ4v) is 2.73. The maximum Gasteiger partial charge on any atom is 0.305 e. The SMILES string of the molecule is COCC(C)(CC(=O)O)NC(=O)c1cc(C)c(C)s1. The highest BCUT2D eigenvalue weighted by molar-refractivity contribution is 7.14. The van der Waals surface area contributed by atoms with Gasteiger partial charge in [0.15, 0.2) is 0 Å². The Morgan fingerprint density at radius 1 is 1.47 bits per heavy atom. The molecular formula is C13H19NO4S. The van der Waals surface area contributed by atoms with Crippen molar-refractivity contribution in [2.75, 3.05) is 13.7 Å². The summed E-state index contributed by atoms with van der Waals surface area (Å²) in [5.74, 6) is -1.24. The van der Waals surface area contributed by atoms with Crippen LogP contribution in [0.3, 0.4) is 0 Å². The van der Waals surface area contributed by atoms with Crippen LogP contribution in [0.1, 0.15) is 33.5 Å². The Morgan fingerprint density at radius 2 is 2.11 bits per heavy atom. The Hall–Kier alpha value is -1.40. The maximum atomic E-state index is 12.1. The smallest absolute Gasteiger partial charge is 0.305 e. The van der Waals surface area contributed by atoms with Crippen molar-refractivity contribution in [3.05, 3.63) is 21.4 Å². The van der Waals surface area contributed by atoms with Crippen LogP contribution in [0.15, 0.2) is 6.07 Å². The molecule has 1 aromatic rings. The predicted octanol–water partition coefficient (Wildman–Crippen LogP) is 1.97. The average molecular weight is 285 g/mol. The topological polar surface area (TPSA) is 75.6 Å². The van der Waals surface area contributed by atoms with Crippen molar-refractivity contribution in [3.63, 3.8) is 0 Å². The molecular weight excluding hydrogens is 266 g/mol. The lowest BCUT2D eigenvalue weighted by Gasteiger charge is -2.28. The summed E-state index contributed by atoms with van der Waals surface area (Å²) in [5, 5.41) is 11.7. The lowest BCUT2D eigenvalue weighted by Crippen LogP contribution is -2.50. The Balaban J connectivity index is 2.84. The second-order valence-electron chi connectivity index (χ2n) is 4.87. The van der Waals surface area contributed by atoms with E-state index in [0.29, 0.717) is 4.88 Å². The third-order valence-electron chi connectivity index (χ3n) is 2.81. The van der Waals surface area contributed by atoms with Gasteiger partial charge >= 0.3 is 5.97 Å². The zero-order chi connectivity index (χ0) is 14.6. The molecule has 0 saturated heterocycles. The molecule has 0 bridgehead atoms. The summed E-state index contributed by atoms with van der Waals surface area (Å²) in [6.45, 7) is 5.70. The minimum absolute atomic E-state index is 0.147. The number of carboxylic acid groups (broad SMARTS) is 1. The number of carbonyl (C=O) groups excluding carboxylic acids is 1. The molecule has 2 N–H and O–H groups in total. The number of ether oxygens (including phenoxy) is 1. The number of nitrogens with one attached hydrogen (secondary N) is 1. The van der Waals surface area contributed by atoms with Gasteiger partial charge in [0, 0.05) is 12.0 Å². The zero-order valence-corrected chi connectivity index (χ0v) is 12.4. The van der Waals surface area contributed by atoms with Crippen LogP contribution in [-0.4, -0.2) is 36.2 Å². The van der Waals surface area contributed by atoms with Gasteiger partial charge < -0.3 is 15.2 Å². The molecule has 1 atom stereocenters. The summed E-state index contributed by atoms with van der Waals surface area (Å²) in [6.07, 6.45) is -0.185. The van der Waals surface area contributed by atoms with Crippen LogP contribution in [0, 0.1) is 13.8 Å². The highest BCUT2D eigenvalue weighted by atomic mass is 32.1. The Kier molecular flexibility index (Phi) is 5.08. The number of amides is 1. The number of methoxy groups -OCH3 is 1. The molecule has 19 heavy (non-hydrogen) atoms. The van der Waals surface area contributed by atoms with E-state index in [1.807, 2.05) is 19.9 Å². The first-order valence-corrected chi connectivity index (χ1v) is 6.69. The summed E-state index contributed by atoms with van der Waals surface area (Å²) in [4.78, 5) is 24.7. The number of hydrogen-bond donors (Lipinski definition) is 2. The molecule has 0 aliphatic rings. The minimum atomic E-state index is -0.974. The van der Waals surface area contributed by atoms with Gasteiger partial charge in [0.05, 0.1) is 23.4 Å². The van der Waals surface area contributed by atoms with Crippen molar-refractivity contribution in [1.29, 1.82) is 0 Å². The van der Waals surface area contributed by atoms with E-state index >= 15 is 0 Å². The van der Waals surface area contributed by atoms with Gasteiger partial charge in [-0.05, 0) is 32.4 Å². The van der Waals surface area contributed by atoms with Gasteiger partial charge in [-0.25, -0.2) is 0 Å². The van der Waals surface area contributed by atoms with E-state index in [0.717, 1.165) is 10.4 Å². The molecule has 0 saturated carbocycles. The van der Waals surface area contributed by atoms with E-state index in [1.165, 1.54) is 18.4 Å². The molecule has 0 spiro atoms. The number of rotatable bonds is 6. The van der Waals surface area contributed by atoms with Crippen molar-refractivity contribution in [3.8, 4) is 0 Å². The molecule has 106 valence electrons. The quantitative estimate of drug-likeness (QED) is 0.838. The molecule has 1 unspecified atom stereocenters. The fourth-order valence-electron chi connectivity index (χ4n) is 1.80. The highest BCUT2D eigenvalue weighted by Crippen LogP contribution is 2.21. The van der Waals surface area contributed by atoms with Gasteiger partial charge in [-0.2, -0.15) is 0 Å². The maximum absolute atomic E-state index is 12.1. The van der Waals surface area contributed by atoms with Crippen molar-refractivity contribution >= 4 is 23.2 Å². The second-order valence-corrected chi connectivity index (χ2v) is 6.12. The molecule has 0 radical (unpaired) electrons. The number of hydrogen-bond acceptors (Lipinski definition) is 4. The Bertz CT molecular complexity index is 463. The van der Waals surface area contributed by atoms with Gasteiger partial charge in [0.25, 0.3) is 5.91 Å². The van der Waals surface area contributed by atoms with Crippen molar-refractivity contribution < 1.29 is 19.4 Å². The first-order valence-electron chi connectivity index (χ1n) is 5.88. The van der Waals surface area contributed by atoms with Crippen LogP contribution in [0.4, 0.5) is 0 Å². The number of carbonyl (C=O) groups is 2. The Morgan fingerprint density at radius 3 is 2.53 bits per heavy atom. The first kappa shape index (κ1) is 15.7. The van der Waals surface area contributed by atoms with E-state index in [1.54, 1.807) is 6.92 Å². The molecule has 6 heteroatoms. The van der Waals surface area contributed by atoms with Crippen LogP contribution < -0.4 is 5.32 Å². The van der Waals surface area contributed by atoms with Crippen molar-refractivity contribution in [2.45, 2.75) is 32.7 Å². The van der Waals surface area contributed by atoms with Crippen molar-refractivity contribution in [2.24, 2.45) is 0 Å². The molecule has 1 amide bonds. The van der Waals surface area contributed by atoms with Gasteiger partial charge in [0.2, 0.25) is 0 Å². The van der Waals surface area contributed by atoms with E-state index < -0.39 is 11.5 Å². The van der Waals surface area contributed by atoms with Crippen LogP contribution in [0.25, 0.3) is 0 Å². The average Bonchev–Trinajstić information content (AvgIpc) is 2.58. The third kappa shape index (κ3) is 4.33. The van der Waals surface area contributed by atoms with E-state index in [4.69, 9.17) is 9.84 Å². The summed E-state index contributed by atoms with van der Waals surface area (Å²) in [6, 6.07) is 1.81. The molecule has 1 heterocycles. The molecule has 0 aliphatic carbocycles. The lowest BCUT2D eigenvalue weighted by atomic mass is 9.99. The number of thiophene rings is 1. The largest absolute Gasteiger partial charge is 0.481 e. The first-order chi connectivity index (χ1) is 8.77. The van der Waals surface area contributed by atoms with Gasteiger partial charge in [-0.15, -0.1) is 11.3 Å². The summed E-state index contributed by atoms with van der Waals surface area (Å²) >= 11 is 1.40. The van der Waals surface area contributed by atoms with E-state index in [9.17, 15) is 9.59 Å². The number of aryl methyl sites for hydroxylation is 2. The molecule has 0 aliphatic heterocycles. The van der Waals surface area contributed by atoms with Crippen LogP contribution >= 0.6 is 11.3 Å². The standard InChI is InChI=1S/C13H19NO4S/c1-8-5-10(19-9(8)2)12(17)14-13(3,7-18-4)6-11(15)16/h5H,6-7H2,1-4H3,(H,14,17)(H,15,16). The summed E-state index contributed by atoms with van der Waals surface area (Å²) < 4.78 is 5.00. The molecule has 1 rings (SSSR count).